The quantitative estimate of drug-likeness (QED) is 0.836. The molecule has 8 heteroatoms. The number of carbonyl (C=O) groups is 1. The predicted octanol–water partition coefficient (Wildman–Crippen LogP) is 4.51. The van der Waals surface area contributed by atoms with Gasteiger partial charge < -0.3 is 9.80 Å². The summed E-state index contributed by atoms with van der Waals surface area (Å²) in [6.45, 7) is 2.89. The van der Waals surface area contributed by atoms with E-state index in [1.807, 2.05) is 13.0 Å². The van der Waals surface area contributed by atoms with Crippen LogP contribution in [-0.2, 0) is 0 Å². The van der Waals surface area contributed by atoms with E-state index in [-0.39, 0.29) is 11.6 Å². The van der Waals surface area contributed by atoms with E-state index in [1.165, 1.54) is 23.7 Å². The summed E-state index contributed by atoms with van der Waals surface area (Å²) < 4.78 is 32.7. The maximum Gasteiger partial charge on any atom is 0.322 e. The highest BCUT2D eigenvalue weighted by molar-refractivity contribution is 7.10. The van der Waals surface area contributed by atoms with Crippen LogP contribution in [0.4, 0.5) is 24.3 Å². The second-order valence-corrected chi connectivity index (χ2v) is 7.57. The molecule has 0 unspecified atom stereocenters. The maximum atomic E-state index is 14.3. The van der Waals surface area contributed by atoms with Crippen LogP contribution in [0.3, 0.4) is 0 Å². The number of nitrogens with one attached hydrogen (secondary N) is 1. The number of carbonyl (C=O) groups excluding carboxylic acids is 1. The minimum atomic E-state index is -0.577. The fourth-order valence-corrected chi connectivity index (χ4v) is 3.57. The lowest BCUT2D eigenvalue weighted by Crippen LogP contribution is -2.39. The Morgan fingerprint density at radius 1 is 1.22 bits per heavy atom. The molecule has 3 rings (SSSR count). The van der Waals surface area contributed by atoms with Crippen molar-refractivity contribution in [2.45, 2.75) is 19.8 Å². The van der Waals surface area contributed by atoms with Gasteiger partial charge in [-0.3, -0.25) is 5.32 Å². The molecule has 0 atom stereocenters. The van der Waals surface area contributed by atoms with E-state index in [9.17, 15) is 13.6 Å². The number of aromatic nitrogens is 1. The SMILES string of the molecule is Cc1cc(NC(=O)N2CCC(=Cc3c(F)cc(N(C)C)cc3F)CC2)sn1. The van der Waals surface area contributed by atoms with Gasteiger partial charge in [-0.1, -0.05) is 5.57 Å². The molecule has 1 saturated heterocycles. The molecular formula is C19H22F2N4OS. The largest absolute Gasteiger partial charge is 0.377 e. The number of piperidine rings is 1. The molecule has 0 saturated carbocycles. The molecule has 1 N–H and O–H groups in total. The predicted molar refractivity (Wildman–Crippen MR) is 105 cm³/mol. The van der Waals surface area contributed by atoms with Crippen LogP contribution >= 0.6 is 11.5 Å². The third kappa shape index (κ3) is 4.63. The average molecular weight is 392 g/mol. The van der Waals surface area contributed by atoms with Crippen molar-refractivity contribution in [3.05, 3.63) is 46.7 Å². The molecule has 2 heterocycles. The van der Waals surface area contributed by atoms with E-state index in [0.29, 0.717) is 36.6 Å². The summed E-state index contributed by atoms with van der Waals surface area (Å²) in [5, 5.41) is 3.54. The fourth-order valence-electron chi connectivity index (χ4n) is 2.92. The van der Waals surface area contributed by atoms with E-state index in [2.05, 4.69) is 9.69 Å². The van der Waals surface area contributed by atoms with E-state index in [0.717, 1.165) is 11.3 Å². The zero-order valence-corrected chi connectivity index (χ0v) is 16.4. The number of urea groups is 1. The second-order valence-electron chi connectivity index (χ2n) is 6.77. The first-order valence-corrected chi connectivity index (χ1v) is 9.46. The number of hydrogen-bond acceptors (Lipinski definition) is 4. The van der Waals surface area contributed by atoms with Gasteiger partial charge in [-0.25, -0.2) is 13.6 Å². The van der Waals surface area contributed by atoms with Crippen LogP contribution < -0.4 is 10.2 Å². The zero-order valence-electron chi connectivity index (χ0n) is 15.6. The highest BCUT2D eigenvalue weighted by Crippen LogP contribution is 2.26. The normalized spacial score (nSPS) is 14.3. The van der Waals surface area contributed by atoms with Crippen LogP contribution in [0.15, 0.2) is 23.8 Å². The van der Waals surface area contributed by atoms with Crippen LogP contribution in [0.5, 0.6) is 0 Å². The maximum absolute atomic E-state index is 14.3. The molecule has 5 nitrogen and oxygen atoms in total. The topological polar surface area (TPSA) is 48.5 Å². The number of hydrogen-bond donors (Lipinski definition) is 1. The average Bonchev–Trinajstić information content (AvgIpc) is 3.03. The molecule has 27 heavy (non-hydrogen) atoms. The van der Waals surface area contributed by atoms with Crippen LogP contribution in [0.1, 0.15) is 24.1 Å². The van der Waals surface area contributed by atoms with Gasteiger partial charge in [-0.15, -0.1) is 0 Å². The van der Waals surface area contributed by atoms with Crippen molar-refractivity contribution in [3.8, 4) is 0 Å². The smallest absolute Gasteiger partial charge is 0.322 e. The first-order chi connectivity index (χ1) is 12.8. The molecule has 2 amide bonds. The Balaban J connectivity index is 1.64. The number of rotatable bonds is 3. The van der Waals surface area contributed by atoms with Crippen molar-refractivity contribution in [2.24, 2.45) is 0 Å². The Bertz CT molecular complexity index is 845. The second kappa shape index (κ2) is 8.04. The molecule has 0 radical (unpaired) electrons. The molecule has 0 bridgehead atoms. The summed E-state index contributed by atoms with van der Waals surface area (Å²) in [7, 11) is 3.47. The minimum absolute atomic E-state index is 0.0198. The van der Waals surface area contributed by atoms with Crippen LogP contribution in [0.2, 0.25) is 0 Å². The van der Waals surface area contributed by atoms with Gasteiger partial charge in [0.25, 0.3) is 0 Å². The molecule has 1 aromatic heterocycles. The molecule has 1 fully saturated rings. The van der Waals surface area contributed by atoms with Gasteiger partial charge in [-0.2, -0.15) is 4.37 Å². The monoisotopic (exact) mass is 392 g/mol. The van der Waals surface area contributed by atoms with Crippen molar-refractivity contribution >= 4 is 34.3 Å². The van der Waals surface area contributed by atoms with Gasteiger partial charge in [0.1, 0.15) is 16.6 Å². The summed E-state index contributed by atoms with van der Waals surface area (Å²) in [5.41, 5.74) is 2.26. The third-order valence-corrected chi connectivity index (χ3v) is 5.28. The van der Waals surface area contributed by atoms with Crippen molar-refractivity contribution in [1.29, 1.82) is 0 Å². The van der Waals surface area contributed by atoms with Crippen molar-refractivity contribution < 1.29 is 13.6 Å². The first kappa shape index (κ1) is 19.3. The Hall–Kier alpha value is -2.48. The number of halogens is 2. The van der Waals surface area contributed by atoms with Gasteiger partial charge >= 0.3 is 6.03 Å². The Kier molecular flexibility index (Phi) is 5.74. The highest BCUT2D eigenvalue weighted by Gasteiger charge is 2.20. The number of nitrogens with zero attached hydrogens (tertiary/aromatic N) is 3. The van der Waals surface area contributed by atoms with E-state index in [1.54, 1.807) is 30.0 Å². The minimum Gasteiger partial charge on any atom is -0.377 e. The van der Waals surface area contributed by atoms with Gasteiger partial charge in [-0.05, 0) is 55.6 Å². The van der Waals surface area contributed by atoms with Crippen LogP contribution in [0, 0.1) is 18.6 Å². The van der Waals surface area contributed by atoms with E-state index >= 15 is 0 Å². The molecular weight excluding hydrogens is 370 g/mol. The summed E-state index contributed by atoms with van der Waals surface area (Å²) in [6.07, 6.45) is 2.75. The lowest BCUT2D eigenvalue weighted by atomic mass is 10.0. The molecule has 2 aromatic rings. The number of benzene rings is 1. The lowest BCUT2D eigenvalue weighted by Gasteiger charge is -2.28. The molecule has 0 spiro atoms. The number of anilines is 2. The Labute approximate surface area is 161 Å². The summed E-state index contributed by atoms with van der Waals surface area (Å²) in [4.78, 5) is 15.7. The van der Waals surface area contributed by atoms with Gasteiger partial charge in [0.2, 0.25) is 0 Å². The van der Waals surface area contributed by atoms with E-state index in [4.69, 9.17) is 0 Å². The Morgan fingerprint density at radius 3 is 2.37 bits per heavy atom. The van der Waals surface area contributed by atoms with Crippen molar-refractivity contribution in [1.82, 2.24) is 9.27 Å². The van der Waals surface area contributed by atoms with Crippen LogP contribution in [-0.4, -0.2) is 42.5 Å². The van der Waals surface area contributed by atoms with Gasteiger partial charge in [0.15, 0.2) is 0 Å². The van der Waals surface area contributed by atoms with E-state index < -0.39 is 11.6 Å². The molecule has 1 aromatic carbocycles. The number of aryl methyl sites for hydroxylation is 1. The lowest BCUT2D eigenvalue weighted by molar-refractivity contribution is 0.208. The standard InChI is InChI=1S/C19H22F2N4OS/c1-12-8-18(27-23-12)22-19(26)25-6-4-13(5-7-25)9-15-16(20)10-14(24(2)3)11-17(15)21/h8-11H,4-7H2,1-3H3,(H,22,26). The van der Waals surface area contributed by atoms with Crippen molar-refractivity contribution in [3.63, 3.8) is 0 Å². The molecule has 144 valence electrons. The Morgan fingerprint density at radius 2 is 1.85 bits per heavy atom. The number of likely N-dealkylation sites (tertiary alicyclic amines) is 1. The van der Waals surface area contributed by atoms with Gasteiger partial charge in [0.05, 0.1) is 5.69 Å². The first-order valence-electron chi connectivity index (χ1n) is 8.68. The molecule has 1 aliphatic heterocycles. The number of amides is 2. The third-order valence-electron chi connectivity index (χ3n) is 4.48. The van der Waals surface area contributed by atoms with Gasteiger partial charge in [0, 0.05) is 38.4 Å². The molecule has 0 aliphatic carbocycles. The summed E-state index contributed by atoms with van der Waals surface area (Å²) in [6, 6.07) is 4.30. The summed E-state index contributed by atoms with van der Waals surface area (Å²) in [5.74, 6) is -1.15. The van der Waals surface area contributed by atoms with Crippen LogP contribution in [0.25, 0.3) is 6.08 Å². The molecule has 1 aliphatic rings. The highest BCUT2D eigenvalue weighted by atomic mass is 32.1. The van der Waals surface area contributed by atoms with Crippen molar-refractivity contribution in [2.75, 3.05) is 37.4 Å². The zero-order chi connectivity index (χ0) is 19.6. The summed E-state index contributed by atoms with van der Waals surface area (Å²) >= 11 is 1.24. The fraction of sp³-hybridized carbons (Fsp3) is 0.368.